The molecule has 0 spiro atoms. The van der Waals surface area contributed by atoms with Crippen molar-refractivity contribution < 1.29 is 5.73 Å². The van der Waals surface area contributed by atoms with Crippen molar-refractivity contribution >= 4 is 0 Å². The average molecular weight is 115 g/mol. The first-order valence-electron chi connectivity index (χ1n) is 3.39. The van der Waals surface area contributed by atoms with Gasteiger partial charge >= 0.3 is 0 Å². The van der Waals surface area contributed by atoms with E-state index in [1.807, 2.05) is 0 Å². The van der Waals surface area contributed by atoms with E-state index in [-0.39, 0.29) is 0 Å². The predicted molar refractivity (Wildman–Crippen MR) is 33.1 cm³/mol. The standard InChI is InChI=1S/C6H14N2/c7-5-3-1-2-4-6(5)8/h5-6H,1-4,7-8H2/p+1/t5-,6+. The maximum atomic E-state index is 5.72. The lowest BCUT2D eigenvalue weighted by Gasteiger charge is -2.21. The Bertz CT molecular complexity index is 62.9. The lowest BCUT2D eigenvalue weighted by atomic mass is 9.92. The topological polar surface area (TPSA) is 53.7 Å². The van der Waals surface area contributed by atoms with Crippen LogP contribution in [-0.2, 0) is 0 Å². The summed E-state index contributed by atoms with van der Waals surface area (Å²) in [4.78, 5) is 0. The second-order valence-electron chi connectivity index (χ2n) is 2.71. The number of hydrogen-bond acceptors (Lipinski definition) is 1. The lowest BCUT2D eigenvalue weighted by molar-refractivity contribution is -0.429. The van der Waals surface area contributed by atoms with Crippen LogP contribution < -0.4 is 11.5 Å². The predicted octanol–water partition coefficient (Wildman–Crippen LogP) is -0.502. The summed E-state index contributed by atoms with van der Waals surface area (Å²) >= 11 is 0. The van der Waals surface area contributed by atoms with Crippen LogP contribution in [0.4, 0.5) is 0 Å². The van der Waals surface area contributed by atoms with Gasteiger partial charge in [-0.2, -0.15) is 0 Å². The molecule has 0 radical (unpaired) electrons. The molecule has 0 saturated heterocycles. The molecule has 0 bridgehead atoms. The van der Waals surface area contributed by atoms with Gasteiger partial charge < -0.3 is 11.5 Å². The van der Waals surface area contributed by atoms with Gasteiger partial charge in [-0.25, -0.2) is 0 Å². The van der Waals surface area contributed by atoms with Gasteiger partial charge in [0.25, 0.3) is 0 Å². The zero-order valence-electron chi connectivity index (χ0n) is 5.27. The Morgan fingerprint density at radius 3 is 2.25 bits per heavy atom. The summed E-state index contributed by atoms with van der Waals surface area (Å²) in [7, 11) is 0. The number of hydrogen-bond donors (Lipinski definition) is 2. The smallest absolute Gasteiger partial charge is 0.0996 e. The largest absolute Gasteiger partial charge is 0.354 e. The zero-order chi connectivity index (χ0) is 5.98. The van der Waals surface area contributed by atoms with Crippen molar-refractivity contribution in [3.05, 3.63) is 0 Å². The maximum absolute atomic E-state index is 5.72. The fourth-order valence-electron chi connectivity index (χ4n) is 1.24. The fourth-order valence-corrected chi connectivity index (χ4v) is 1.24. The monoisotopic (exact) mass is 115 g/mol. The minimum absolute atomic E-state index is 0.392. The Balaban J connectivity index is 2.28. The van der Waals surface area contributed by atoms with Crippen molar-refractivity contribution in [1.82, 2.24) is 0 Å². The molecule has 2 nitrogen and oxygen atoms in total. The molecule has 1 saturated carbocycles. The zero-order valence-corrected chi connectivity index (χ0v) is 5.27. The molecule has 1 aliphatic rings. The van der Waals surface area contributed by atoms with Gasteiger partial charge in [-0.05, 0) is 12.8 Å². The Morgan fingerprint density at radius 2 is 1.88 bits per heavy atom. The van der Waals surface area contributed by atoms with Crippen molar-refractivity contribution in [3.8, 4) is 0 Å². The Kier molecular flexibility index (Phi) is 1.86. The van der Waals surface area contributed by atoms with Gasteiger partial charge in [-0.15, -0.1) is 0 Å². The van der Waals surface area contributed by atoms with Crippen LogP contribution in [0.25, 0.3) is 0 Å². The van der Waals surface area contributed by atoms with Gasteiger partial charge in [-0.3, -0.25) is 0 Å². The van der Waals surface area contributed by atoms with Gasteiger partial charge in [0.15, 0.2) is 0 Å². The van der Waals surface area contributed by atoms with Gasteiger partial charge in [0.05, 0.1) is 12.1 Å². The van der Waals surface area contributed by atoms with Crippen LogP contribution in [0.3, 0.4) is 0 Å². The van der Waals surface area contributed by atoms with Crippen LogP contribution in [0.15, 0.2) is 0 Å². The summed E-state index contributed by atoms with van der Waals surface area (Å²) in [6.45, 7) is 0. The molecule has 5 N–H and O–H groups in total. The SMILES string of the molecule is N[C@H]1CCCC[C@H]1[NH3+]. The van der Waals surface area contributed by atoms with Crippen LogP contribution in [-0.4, -0.2) is 12.1 Å². The molecule has 1 aliphatic carbocycles. The summed E-state index contributed by atoms with van der Waals surface area (Å²) in [5.74, 6) is 0. The summed E-state index contributed by atoms with van der Waals surface area (Å²) < 4.78 is 0. The van der Waals surface area contributed by atoms with E-state index in [4.69, 9.17) is 5.73 Å². The van der Waals surface area contributed by atoms with E-state index >= 15 is 0 Å². The first-order chi connectivity index (χ1) is 3.80. The molecular weight excluding hydrogens is 100 g/mol. The molecule has 0 aromatic rings. The minimum Gasteiger partial charge on any atom is -0.354 e. The number of quaternary nitrogens is 1. The van der Waals surface area contributed by atoms with Gasteiger partial charge in [0, 0.05) is 6.42 Å². The highest BCUT2D eigenvalue weighted by Gasteiger charge is 2.19. The second-order valence-corrected chi connectivity index (χ2v) is 2.71. The molecule has 0 aromatic carbocycles. The number of nitrogens with two attached hydrogens (primary N) is 1. The molecule has 0 amide bonds. The highest BCUT2D eigenvalue weighted by Crippen LogP contribution is 2.13. The highest BCUT2D eigenvalue weighted by atomic mass is 14.8. The van der Waals surface area contributed by atoms with Crippen molar-refractivity contribution in [2.75, 3.05) is 0 Å². The van der Waals surface area contributed by atoms with E-state index in [1.54, 1.807) is 0 Å². The van der Waals surface area contributed by atoms with E-state index in [2.05, 4.69) is 5.73 Å². The third-order valence-electron chi connectivity index (χ3n) is 1.97. The first kappa shape index (κ1) is 6.05. The highest BCUT2D eigenvalue weighted by molar-refractivity contribution is 4.75. The van der Waals surface area contributed by atoms with Crippen LogP contribution in [0.1, 0.15) is 25.7 Å². The lowest BCUT2D eigenvalue weighted by Crippen LogP contribution is -2.69. The number of rotatable bonds is 0. The third-order valence-corrected chi connectivity index (χ3v) is 1.97. The third kappa shape index (κ3) is 1.20. The summed E-state index contributed by atoms with van der Waals surface area (Å²) in [6.07, 6.45) is 5.07. The van der Waals surface area contributed by atoms with Gasteiger partial charge in [0.2, 0.25) is 0 Å². The van der Waals surface area contributed by atoms with E-state index in [9.17, 15) is 0 Å². The van der Waals surface area contributed by atoms with Crippen LogP contribution >= 0.6 is 0 Å². The quantitative estimate of drug-likeness (QED) is 0.439. The molecule has 1 fully saturated rings. The summed E-state index contributed by atoms with van der Waals surface area (Å²) in [5, 5.41) is 0. The van der Waals surface area contributed by atoms with E-state index in [1.165, 1.54) is 25.7 Å². The molecule has 8 heavy (non-hydrogen) atoms. The molecule has 48 valence electrons. The van der Waals surface area contributed by atoms with Crippen LogP contribution in [0, 0.1) is 0 Å². The molecule has 0 unspecified atom stereocenters. The molecule has 0 aliphatic heterocycles. The van der Waals surface area contributed by atoms with Crippen LogP contribution in [0.2, 0.25) is 0 Å². The Hall–Kier alpha value is -0.0800. The van der Waals surface area contributed by atoms with Crippen molar-refractivity contribution in [1.29, 1.82) is 0 Å². The normalized spacial score (nSPS) is 39.8. The van der Waals surface area contributed by atoms with Gasteiger partial charge in [0.1, 0.15) is 0 Å². The van der Waals surface area contributed by atoms with E-state index in [0.29, 0.717) is 12.1 Å². The molecule has 2 atom stereocenters. The molecule has 0 heterocycles. The van der Waals surface area contributed by atoms with Crippen molar-refractivity contribution in [2.24, 2.45) is 5.73 Å². The summed E-state index contributed by atoms with van der Waals surface area (Å²) in [5.41, 5.74) is 9.67. The molecule has 1 rings (SSSR count). The van der Waals surface area contributed by atoms with Crippen molar-refractivity contribution in [3.63, 3.8) is 0 Å². The average Bonchev–Trinajstić information content (AvgIpc) is 1.77. The molecule has 2 heteroatoms. The summed E-state index contributed by atoms with van der Waals surface area (Å²) in [6, 6.07) is 0.924. The van der Waals surface area contributed by atoms with Crippen molar-refractivity contribution in [2.45, 2.75) is 37.8 Å². The Morgan fingerprint density at radius 1 is 1.25 bits per heavy atom. The van der Waals surface area contributed by atoms with E-state index < -0.39 is 0 Å². The molecule has 0 aromatic heterocycles. The molecular formula is C6H15N2+. The second kappa shape index (κ2) is 2.46. The Labute approximate surface area is 50.2 Å². The van der Waals surface area contributed by atoms with Crippen LogP contribution in [0.5, 0.6) is 0 Å². The first-order valence-corrected chi connectivity index (χ1v) is 3.39. The van der Waals surface area contributed by atoms with Gasteiger partial charge in [-0.1, -0.05) is 6.42 Å². The minimum atomic E-state index is 0.392. The fraction of sp³-hybridized carbons (Fsp3) is 1.00. The van der Waals surface area contributed by atoms with E-state index in [0.717, 1.165) is 0 Å². The maximum Gasteiger partial charge on any atom is 0.0996 e.